The zero-order valence-corrected chi connectivity index (χ0v) is 11.4. The van der Waals surface area contributed by atoms with Gasteiger partial charge in [-0.25, -0.2) is 0 Å². The average molecular weight is 216 g/mol. The fraction of sp³-hybridized carbons (Fsp3) is 0.625. The van der Waals surface area contributed by atoms with Crippen molar-refractivity contribution in [3.05, 3.63) is 34.9 Å². The monoisotopic (exact) mass is 216 g/mol. The molecule has 0 aliphatic heterocycles. The van der Waals surface area contributed by atoms with Gasteiger partial charge in [0, 0.05) is 0 Å². The summed E-state index contributed by atoms with van der Waals surface area (Å²) in [6, 6.07) is 0. The van der Waals surface area contributed by atoms with Crippen LogP contribution in [0.1, 0.15) is 53.9 Å². The van der Waals surface area contributed by atoms with Gasteiger partial charge >= 0.3 is 0 Å². The van der Waals surface area contributed by atoms with Gasteiger partial charge < -0.3 is 0 Å². The Bertz CT molecular complexity index is 400. The van der Waals surface area contributed by atoms with Gasteiger partial charge in [-0.05, 0) is 48.2 Å². The Morgan fingerprint density at radius 3 is 2.31 bits per heavy atom. The zero-order chi connectivity index (χ0) is 12.1. The zero-order valence-electron chi connectivity index (χ0n) is 11.4. The van der Waals surface area contributed by atoms with E-state index in [1.54, 1.807) is 16.7 Å². The quantitative estimate of drug-likeness (QED) is 0.532. The van der Waals surface area contributed by atoms with E-state index in [4.69, 9.17) is 0 Å². The van der Waals surface area contributed by atoms with Crippen LogP contribution >= 0.6 is 0 Å². The van der Waals surface area contributed by atoms with Crippen LogP contribution in [0.25, 0.3) is 0 Å². The summed E-state index contributed by atoms with van der Waals surface area (Å²) < 4.78 is 0. The van der Waals surface area contributed by atoms with E-state index in [0.717, 1.165) is 6.42 Å². The lowest BCUT2D eigenvalue weighted by molar-refractivity contribution is 0.319. The number of hydrogen-bond donors (Lipinski definition) is 0. The van der Waals surface area contributed by atoms with Gasteiger partial charge in [0.25, 0.3) is 0 Å². The molecule has 2 rings (SSSR count). The summed E-state index contributed by atoms with van der Waals surface area (Å²) in [6.45, 7) is 16.0. The molecule has 0 heteroatoms. The summed E-state index contributed by atoms with van der Waals surface area (Å²) in [6.07, 6.45) is 5.91. The first-order valence-electron chi connectivity index (χ1n) is 6.30. The summed E-state index contributed by atoms with van der Waals surface area (Å²) >= 11 is 0. The first-order valence-corrected chi connectivity index (χ1v) is 6.30. The molecule has 0 saturated heterocycles. The molecule has 0 aromatic carbocycles. The summed E-state index contributed by atoms with van der Waals surface area (Å²) in [7, 11) is 0. The van der Waals surface area contributed by atoms with Crippen molar-refractivity contribution < 1.29 is 0 Å². The van der Waals surface area contributed by atoms with Crippen LogP contribution in [0.2, 0.25) is 0 Å². The molecule has 0 spiro atoms. The lowest BCUT2D eigenvalue weighted by Gasteiger charge is -2.43. The van der Waals surface area contributed by atoms with Crippen molar-refractivity contribution in [2.45, 2.75) is 53.9 Å². The maximum absolute atomic E-state index is 4.17. The van der Waals surface area contributed by atoms with Crippen molar-refractivity contribution in [3.8, 4) is 0 Å². The largest absolute Gasteiger partial charge is 0.0958 e. The van der Waals surface area contributed by atoms with Crippen LogP contribution in [0.15, 0.2) is 34.9 Å². The highest BCUT2D eigenvalue weighted by molar-refractivity contribution is 5.50. The number of allylic oxidation sites excluding steroid dienone is 5. The lowest BCUT2D eigenvalue weighted by Crippen LogP contribution is -2.29. The predicted molar refractivity (Wildman–Crippen MR) is 71.3 cm³/mol. The molecule has 16 heavy (non-hydrogen) atoms. The van der Waals surface area contributed by atoms with Crippen LogP contribution in [-0.4, -0.2) is 0 Å². The molecule has 0 amide bonds. The van der Waals surface area contributed by atoms with Crippen LogP contribution in [-0.2, 0) is 0 Å². The van der Waals surface area contributed by atoms with E-state index in [9.17, 15) is 0 Å². The molecule has 0 atom stereocenters. The summed E-state index contributed by atoms with van der Waals surface area (Å²) in [5, 5.41) is 0. The molecule has 2 aliphatic rings. The second-order valence-corrected chi connectivity index (χ2v) is 7.06. The van der Waals surface area contributed by atoms with Crippen LogP contribution in [0, 0.1) is 10.8 Å². The topological polar surface area (TPSA) is 0 Å². The third kappa shape index (κ3) is 1.90. The lowest BCUT2D eigenvalue weighted by atomic mass is 9.61. The van der Waals surface area contributed by atoms with Crippen molar-refractivity contribution in [2.75, 3.05) is 0 Å². The van der Waals surface area contributed by atoms with Gasteiger partial charge in [-0.2, -0.15) is 0 Å². The minimum Gasteiger partial charge on any atom is -0.0958 e. The maximum atomic E-state index is 4.17. The fourth-order valence-corrected chi connectivity index (χ4v) is 3.84. The molecule has 0 nitrogen and oxygen atoms in total. The first kappa shape index (κ1) is 11.7. The van der Waals surface area contributed by atoms with Crippen LogP contribution in [0.4, 0.5) is 0 Å². The van der Waals surface area contributed by atoms with E-state index < -0.39 is 0 Å². The number of hydrogen-bond acceptors (Lipinski definition) is 0. The normalized spacial score (nSPS) is 27.6. The Morgan fingerprint density at radius 2 is 1.69 bits per heavy atom. The average Bonchev–Trinajstić information content (AvgIpc) is 1.94. The molecule has 0 unspecified atom stereocenters. The Balaban J connectivity index is 2.56. The molecule has 0 N–H and O–H groups in total. The Morgan fingerprint density at radius 1 is 1.06 bits per heavy atom. The van der Waals surface area contributed by atoms with Crippen molar-refractivity contribution in [1.29, 1.82) is 0 Å². The summed E-state index contributed by atoms with van der Waals surface area (Å²) in [5.41, 5.74) is 6.79. The highest BCUT2D eigenvalue weighted by Crippen LogP contribution is 2.52. The molecular formula is C16H24. The Labute approximate surface area is 100 Å². The molecule has 0 aromatic rings. The van der Waals surface area contributed by atoms with Gasteiger partial charge in [0.2, 0.25) is 0 Å². The van der Waals surface area contributed by atoms with Gasteiger partial charge in [-0.1, -0.05) is 51.5 Å². The van der Waals surface area contributed by atoms with Gasteiger partial charge in [-0.3, -0.25) is 0 Å². The molecule has 88 valence electrons. The van der Waals surface area contributed by atoms with Crippen molar-refractivity contribution in [1.82, 2.24) is 0 Å². The minimum atomic E-state index is 0.293. The second kappa shape index (κ2) is 3.35. The van der Waals surface area contributed by atoms with Crippen molar-refractivity contribution in [2.24, 2.45) is 10.8 Å². The van der Waals surface area contributed by atoms with Gasteiger partial charge in [-0.15, -0.1) is 0 Å². The van der Waals surface area contributed by atoms with Gasteiger partial charge in [0.15, 0.2) is 0 Å². The highest BCUT2D eigenvalue weighted by Gasteiger charge is 2.37. The van der Waals surface area contributed by atoms with E-state index in [1.807, 2.05) is 0 Å². The SMILES string of the molecule is C=C1C=C2CC(C)(C)CC(C)=C2C(C)(C)C1. The molecule has 0 radical (unpaired) electrons. The smallest absolute Gasteiger partial charge is 0.00612 e. The van der Waals surface area contributed by atoms with Crippen LogP contribution < -0.4 is 0 Å². The number of rotatable bonds is 0. The van der Waals surface area contributed by atoms with E-state index >= 15 is 0 Å². The molecule has 0 saturated carbocycles. The van der Waals surface area contributed by atoms with Crippen LogP contribution in [0.5, 0.6) is 0 Å². The molecule has 0 fully saturated rings. The van der Waals surface area contributed by atoms with Crippen molar-refractivity contribution in [3.63, 3.8) is 0 Å². The fourth-order valence-electron chi connectivity index (χ4n) is 3.84. The minimum absolute atomic E-state index is 0.293. The molecule has 0 heterocycles. The maximum Gasteiger partial charge on any atom is -0.00612 e. The van der Waals surface area contributed by atoms with Crippen molar-refractivity contribution >= 4 is 0 Å². The molecule has 2 aliphatic carbocycles. The van der Waals surface area contributed by atoms with Gasteiger partial charge in [0.1, 0.15) is 0 Å². The van der Waals surface area contributed by atoms with Crippen LogP contribution in [0.3, 0.4) is 0 Å². The van der Waals surface area contributed by atoms with E-state index in [-0.39, 0.29) is 0 Å². The predicted octanol–water partition coefficient (Wildman–Crippen LogP) is 5.04. The Hall–Kier alpha value is -0.780. The standard InChI is InChI=1S/C16H24/c1-11-7-13-10-15(3,4)9-12(2)14(13)16(5,6)8-11/h7H,1,8-10H2,2-6H3. The first-order chi connectivity index (χ1) is 7.21. The molecule has 0 aromatic heterocycles. The molecule has 0 bridgehead atoms. The summed E-state index contributed by atoms with van der Waals surface area (Å²) in [5.74, 6) is 0. The third-order valence-corrected chi connectivity index (χ3v) is 3.88. The number of fused-ring (bicyclic) bond motifs is 1. The highest BCUT2D eigenvalue weighted by atomic mass is 14.4. The summed E-state index contributed by atoms with van der Waals surface area (Å²) in [4.78, 5) is 0. The van der Waals surface area contributed by atoms with E-state index in [2.05, 4.69) is 47.3 Å². The third-order valence-electron chi connectivity index (χ3n) is 3.88. The second-order valence-electron chi connectivity index (χ2n) is 7.06. The van der Waals surface area contributed by atoms with Gasteiger partial charge in [0.05, 0.1) is 0 Å². The van der Waals surface area contributed by atoms with E-state index in [1.165, 1.54) is 18.4 Å². The van der Waals surface area contributed by atoms with E-state index in [0.29, 0.717) is 10.8 Å². The Kier molecular flexibility index (Phi) is 2.45. The molecular weight excluding hydrogens is 192 g/mol.